The topological polar surface area (TPSA) is 114 Å². The molecule has 3 N–H and O–H groups in total. The summed E-state index contributed by atoms with van der Waals surface area (Å²) in [4.78, 5) is 36.1. The molecule has 1 rings (SSSR count). The number of aliphatic hydroxyl groups is 1. The second kappa shape index (κ2) is 9.56. The summed E-state index contributed by atoms with van der Waals surface area (Å²) >= 11 is 0. The predicted octanol–water partition coefficient (Wildman–Crippen LogP) is 1.27. The number of rotatable bonds is 6. The Balaban J connectivity index is 2.63. The summed E-state index contributed by atoms with van der Waals surface area (Å²) in [6.07, 6.45) is 4.05. The highest BCUT2D eigenvalue weighted by molar-refractivity contribution is 5.89. The van der Waals surface area contributed by atoms with Crippen LogP contribution in [-0.2, 0) is 19.1 Å². The third-order valence-electron chi connectivity index (χ3n) is 3.91. The fraction of sp³-hybridized carbons (Fsp3) is 0.722. The molecule has 0 aromatic carbocycles. The maximum absolute atomic E-state index is 12.3. The molecule has 0 fully saturated rings. The number of esters is 1. The van der Waals surface area contributed by atoms with Crippen molar-refractivity contribution in [3.63, 3.8) is 0 Å². The molecule has 0 radical (unpaired) electrons. The average Bonchev–Trinajstić information content (AvgIpc) is 2.53. The van der Waals surface area contributed by atoms with Gasteiger partial charge in [0.1, 0.15) is 17.7 Å². The quantitative estimate of drug-likeness (QED) is 0.479. The van der Waals surface area contributed by atoms with Crippen molar-refractivity contribution in [1.82, 2.24) is 10.6 Å². The molecule has 0 aliphatic heterocycles. The van der Waals surface area contributed by atoms with Crippen LogP contribution in [0.15, 0.2) is 12.2 Å². The van der Waals surface area contributed by atoms with Gasteiger partial charge in [0.25, 0.3) is 0 Å². The summed E-state index contributed by atoms with van der Waals surface area (Å²) in [5.74, 6) is -1.01. The highest BCUT2D eigenvalue weighted by atomic mass is 16.6. The first kappa shape index (κ1) is 22.0. The normalized spacial score (nSPS) is 22.1. The fourth-order valence-electron chi connectivity index (χ4n) is 2.56. The summed E-state index contributed by atoms with van der Waals surface area (Å²) in [5.41, 5.74) is -0.674. The van der Waals surface area contributed by atoms with E-state index < -0.39 is 41.8 Å². The van der Waals surface area contributed by atoms with Crippen LogP contribution in [0.25, 0.3) is 0 Å². The monoisotopic (exact) mass is 370 g/mol. The van der Waals surface area contributed by atoms with Crippen molar-refractivity contribution >= 4 is 18.0 Å². The molecule has 0 aromatic heterocycles. The number of nitrogens with one attached hydrogen (secondary N) is 2. The lowest BCUT2D eigenvalue weighted by Gasteiger charge is -2.26. The zero-order valence-corrected chi connectivity index (χ0v) is 16.1. The summed E-state index contributed by atoms with van der Waals surface area (Å²) < 4.78 is 9.87. The minimum Gasteiger partial charge on any atom is -0.467 e. The van der Waals surface area contributed by atoms with Gasteiger partial charge in [0.15, 0.2) is 0 Å². The third-order valence-corrected chi connectivity index (χ3v) is 3.91. The number of alkyl carbamates (subject to hydrolysis) is 1. The van der Waals surface area contributed by atoms with Crippen molar-refractivity contribution < 1.29 is 29.0 Å². The second-order valence-corrected chi connectivity index (χ2v) is 7.48. The second-order valence-electron chi connectivity index (χ2n) is 7.48. The summed E-state index contributed by atoms with van der Waals surface area (Å²) in [6.45, 7) is 6.67. The van der Waals surface area contributed by atoms with E-state index in [2.05, 4.69) is 10.6 Å². The van der Waals surface area contributed by atoms with Gasteiger partial charge in [-0.2, -0.15) is 0 Å². The Morgan fingerprint density at radius 1 is 1.19 bits per heavy atom. The Morgan fingerprint density at radius 3 is 2.35 bits per heavy atom. The predicted molar refractivity (Wildman–Crippen MR) is 95.3 cm³/mol. The highest BCUT2D eigenvalue weighted by Gasteiger charge is 2.29. The average molecular weight is 370 g/mol. The number of aliphatic hydroxyl groups excluding tert-OH is 1. The van der Waals surface area contributed by atoms with Gasteiger partial charge in [0.2, 0.25) is 5.91 Å². The van der Waals surface area contributed by atoms with Crippen molar-refractivity contribution in [2.75, 3.05) is 7.11 Å². The molecule has 1 unspecified atom stereocenters. The van der Waals surface area contributed by atoms with E-state index in [0.29, 0.717) is 19.3 Å². The van der Waals surface area contributed by atoms with Crippen molar-refractivity contribution in [3.8, 4) is 0 Å². The summed E-state index contributed by atoms with van der Waals surface area (Å²) in [6, 6.07) is -1.71. The van der Waals surface area contributed by atoms with Gasteiger partial charge in [-0.25, -0.2) is 9.59 Å². The third kappa shape index (κ3) is 7.86. The van der Waals surface area contributed by atoms with E-state index in [4.69, 9.17) is 9.47 Å². The zero-order chi connectivity index (χ0) is 19.9. The number of carbonyl (C=O) groups is 3. The highest BCUT2D eigenvalue weighted by Crippen LogP contribution is 2.22. The van der Waals surface area contributed by atoms with Crippen LogP contribution in [0, 0.1) is 5.92 Å². The molecule has 0 spiro atoms. The molecule has 148 valence electrons. The Bertz CT molecular complexity index is 540. The Morgan fingerprint density at radius 2 is 1.85 bits per heavy atom. The molecule has 4 atom stereocenters. The van der Waals surface area contributed by atoms with E-state index in [1.165, 1.54) is 14.0 Å². The molecule has 0 aromatic rings. The standard InChI is InChI=1S/C18H30N2O6/c1-11(19-17(24)26-18(2,3)4)15(22)20-14(16(23)25-5)10-12-6-8-13(21)9-7-12/h6,8,11-14,21H,7,9-10H2,1-5H3,(H,19,24)(H,20,22)/t11-,12-,13?,14-/m0/s1. The first-order chi connectivity index (χ1) is 12.0. The first-order valence-corrected chi connectivity index (χ1v) is 8.76. The van der Waals surface area contributed by atoms with Crippen LogP contribution in [-0.4, -0.2) is 54.0 Å². The van der Waals surface area contributed by atoms with Gasteiger partial charge in [-0.05, 0) is 52.9 Å². The minimum absolute atomic E-state index is 0.0527. The van der Waals surface area contributed by atoms with Gasteiger partial charge >= 0.3 is 12.1 Å². The number of methoxy groups -OCH3 is 1. The number of hydrogen-bond donors (Lipinski definition) is 3. The van der Waals surface area contributed by atoms with E-state index in [1.807, 2.05) is 6.08 Å². The van der Waals surface area contributed by atoms with Gasteiger partial charge in [-0.15, -0.1) is 0 Å². The molecule has 1 aliphatic rings. The maximum Gasteiger partial charge on any atom is 0.408 e. The van der Waals surface area contributed by atoms with Gasteiger partial charge in [-0.3, -0.25) is 4.79 Å². The Kier molecular flexibility index (Phi) is 8.08. The first-order valence-electron chi connectivity index (χ1n) is 8.76. The van der Waals surface area contributed by atoms with Crippen LogP contribution >= 0.6 is 0 Å². The van der Waals surface area contributed by atoms with Crippen LogP contribution in [0.4, 0.5) is 4.79 Å². The van der Waals surface area contributed by atoms with Crippen molar-refractivity contribution in [3.05, 3.63) is 12.2 Å². The molecule has 0 bridgehead atoms. The van der Waals surface area contributed by atoms with E-state index >= 15 is 0 Å². The Hall–Kier alpha value is -2.09. The largest absolute Gasteiger partial charge is 0.467 e. The van der Waals surface area contributed by atoms with Crippen molar-refractivity contribution in [2.45, 2.75) is 70.7 Å². The van der Waals surface area contributed by atoms with Crippen LogP contribution in [0.5, 0.6) is 0 Å². The minimum atomic E-state index is -0.874. The zero-order valence-electron chi connectivity index (χ0n) is 16.1. The maximum atomic E-state index is 12.3. The smallest absolute Gasteiger partial charge is 0.408 e. The molecule has 1 aliphatic carbocycles. The van der Waals surface area contributed by atoms with Crippen LogP contribution < -0.4 is 10.6 Å². The number of allylic oxidation sites excluding steroid dienone is 1. The fourth-order valence-corrected chi connectivity index (χ4v) is 2.56. The van der Waals surface area contributed by atoms with E-state index in [9.17, 15) is 19.5 Å². The van der Waals surface area contributed by atoms with Crippen molar-refractivity contribution in [1.29, 1.82) is 0 Å². The molecule has 0 saturated heterocycles. The van der Waals surface area contributed by atoms with Gasteiger partial charge in [0, 0.05) is 0 Å². The van der Waals surface area contributed by atoms with Crippen molar-refractivity contribution in [2.24, 2.45) is 5.92 Å². The summed E-state index contributed by atoms with van der Waals surface area (Å²) in [5, 5.41) is 14.5. The van der Waals surface area contributed by atoms with Crippen LogP contribution in [0.1, 0.15) is 47.0 Å². The molecular weight excluding hydrogens is 340 g/mol. The van der Waals surface area contributed by atoms with E-state index in [1.54, 1.807) is 26.8 Å². The molecule has 0 heterocycles. The van der Waals surface area contributed by atoms with Gasteiger partial charge in [0.05, 0.1) is 13.2 Å². The van der Waals surface area contributed by atoms with E-state index in [-0.39, 0.29) is 5.92 Å². The SMILES string of the molecule is COC(=O)[C@H](C[C@H]1C=CC(O)CC1)NC(=O)[C@H](C)NC(=O)OC(C)(C)C. The van der Waals surface area contributed by atoms with Crippen LogP contribution in [0.2, 0.25) is 0 Å². The molecule has 26 heavy (non-hydrogen) atoms. The lowest BCUT2D eigenvalue weighted by atomic mass is 9.89. The Labute approximate surface area is 154 Å². The van der Waals surface area contributed by atoms with Crippen LogP contribution in [0.3, 0.4) is 0 Å². The number of carbonyl (C=O) groups excluding carboxylic acids is 3. The number of ether oxygens (including phenoxy) is 2. The van der Waals surface area contributed by atoms with Gasteiger partial charge < -0.3 is 25.2 Å². The van der Waals surface area contributed by atoms with Gasteiger partial charge in [-0.1, -0.05) is 12.2 Å². The lowest BCUT2D eigenvalue weighted by molar-refractivity contribution is -0.145. The molecule has 8 heteroatoms. The lowest BCUT2D eigenvalue weighted by Crippen LogP contribution is -2.51. The molecular formula is C18H30N2O6. The number of hydrogen-bond acceptors (Lipinski definition) is 6. The number of amides is 2. The molecule has 8 nitrogen and oxygen atoms in total. The summed E-state index contributed by atoms with van der Waals surface area (Å²) in [7, 11) is 1.25. The van der Waals surface area contributed by atoms with E-state index in [0.717, 1.165) is 0 Å². The molecule has 2 amide bonds. The molecule has 0 saturated carbocycles.